The van der Waals surface area contributed by atoms with Gasteiger partial charge >= 0.3 is 5.71 Å². The lowest BCUT2D eigenvalue weighted by atomic mass is 10.4. The molecule has 0 saturated heterocycles. The molecule has 0 spiro atoms. The standard InChI is InChI=1S/C21H20O2P.BrH/c1-2-23-21(22)24(18-12-6-3-7-13-18,19-14-8-4-9-15-19)20-16-10-5-11-17-20;/h3-17H,2H2,1H3;1H/q+1;/p-1. The summed E-state index contributed by atoms with van der Waals surface area (Å²) in [6, 6.07) is 30.0. The van der Waals surface area contributed by atoms with Crippen LogP contribution < -0.4 is 32.9 Å². The molecular formula is C21H20BrO2P. The first-order valence-corrected chi connectivity index (χ1v) is 9.82. The fourth-order valence-electron chi connectivity index (χ4n) is 2.94. The minimum Gasteiger partial charge on any atom is -1.00 e. The summed E-state index contributed by atoms with van der Waals surface area (Å²) in [4.78, 5) is 13.3. The van der Waals surface area contributed by atoms with E-state index in [2.05, 4.69) is 0 Å². The van der Waals surface area contributed by atoms with Crippen molar-refractivity contribution in [2.24, 2.45) is 0 Å². The molecule has 0 aliphatic carbocycles. The maximum atomic E-state index is 13.3. The topological polar surface area (TPSA) is 26.3 Å². The maximum Gasteiger partial charge on any atom is 0.466 e. The van der Waals surface area contributed by atoms with Crippen LogP contribution in [0.4, 0.5) is 4.79 Å². The summed E-state index contributed by atoms with van der Waals surface area (Å²) in [6.45, 7) is 2.22. The molecule has 0 saturated carbocycles. The first kappa shape index (κ1) is 19.4. The molecule has 0 atom stereocenters. The Balaban J connectivity index is 0.00000225. The van der Waals surface area contributed by atoms with Crippen LogP contribution in [0.2, 0.25) is 0 Å². The van der Waals surface area contributed by atoms with Gasteiger partial charge in [0.2, 0.25) is 7.26 Å². The third-order valence-corrected chi connectivity index (χ3v) is 7.87. The molecule has 0 amide bonds. The molecule has 0 fully saturated rings. The molecular weight excluding hydrogens is 395 g/mol. The number of halogens is 1. The Morgan fingerprint density at radius 2 is 1.04 bits per heavy atom. The number of carbonyl (C=O) groups is 1. The lowest BCUT2D eigenvalue weighted by Crippen LogP contribution is -3.00. The lowest BCUT2D eigenvalue weighted by Gasteiger charge is -2.23. The molecule has 4 heteroatoms. The van der Waals surface area contributed by atoms with Crippen LogP contribution in [0.3, 0.4) is 0 Å². The van der Waals surface area contributed by atoms with Gasteiger partial charge < -0.3 is 21.7 Å². The van der Waals surface area contributed by atoms with Gasteiger partial charge in [-0.2, -0.15) is 0 Å². The van der Waals surface area contributed by atoms with Gasteiger partial charge in [0.1, 0.15) is 15.9 Å². The number of hydrogen-bond donors (Lipinski definition) is 0. The maximum absolute atomic E-state index is 13.3. The molecule has 0 heterocycles. The smallest absolute Gasteiger partial charge is 0.466 e. The highest BCUT2D eigenvalue weighted by atomic mass is 79.9. The van der Waals surface area contributed by atoms with Gasteiger partial charge in [0.05, 0.1) is 6.61 Å². The van der Waals surface area contributed by atoms with Crippen molar-refractivity contribution in [2.75, 3.05) is 6.61 Å². The van der Waals surface area contributed by atoms with Crippen molar-refractivity contribution in [2.45, 2.75) is 6.92 Å². The number of carbonyl (C=O) groups excluding carboxylic acids is 1. The Kier molecular flexibility index (Phi) is 6.92. The molecule has 0 unspecified atom stereocenters. The minimum absolute atomic E-state index is 0. The van der Waals surface area contributed by atoms with Crippen molar-refractivity contribution in [3.05, 3.63) is 91.0 Å². The van der Waals surface area contributed by atoms with Crippen molar-refractivity contribution >= 4 is 28.9 Å². The average molecular weight is 415 g/mol. The van der Waals surface area contributed by atoms with E-state index in [1.54, 1.807) is 0 Å². The Morgan fingerprint density at radius 3 is 1.32 bits per heavy atom. The van der Waals surface area contributed by atoms with Gasteiger partial charge in [0.15, 0.2) is 0 Å². The zero-order chi connectivity index (χ0) is 16.8. The molecule has 0 aliphatic rings. The van der Waals surface area contributed by atoms with Gasteiger partial charge in [0.25, 0.3) is 0 Å². The van der Waals surface area contributed by atoms with Crippen LogP contribution in [0.5, 0.6) is 0 Å². The van der Waals surface area contributed by atoms with Crippen LogP contribution in [-0.2, 0) is 4.74 Å². The Hall–Kier alpha value is -1.96. The van der Waals surface area contributed by atoms with Crippen LogP contribution in [0.25, 0.3) is 0 Å². The Bertz CT molecular complexity index is 695. The summed E-state index contributed by atoms with van der Waals surface area (Å²) in [5.74, 6) is 0. The van der Waals surface area contributed by atoms with Crippen molar-refractivity contribution in [1.82, 2.24) is 0 Å². The summed E-state index contributed by atoms with van der Waals surface area (Å²) in [5.41, 5.74) is -0.145. The van der Waals surface area contributed by atoms with Crippen LogP contribution in [0, 0.1) is 0 Å². The second-order valence-electron chi connectivity index (χ2n) is 5.38. The van der Waals surface area contributed by atoms with Gasteiger partial charge in [-0.1, -0.05) is 54.6 Å². The van der Waals surface area contributed by atoms with Gasteiger partial charge in [-0.25, -0.2) is 4.79 Å². The summed E-state index contributed by atoms with van der Waals surface area (Å²) in [7, 11) is -2.52. The highest BCUT2D eigenvalue weighted by Gasteiger charge is 2.55. The summed E-state index contributed by atoms with van der Waals surface area (Å²) in [6.07, 6.45) is 0. The largest absolute Gasteiger partial charge is 1.00 e. The van der Waals surface area contributed by atoms with Gasteiger partial charge in [-0.05, 0) is 43.3 Å². The van der Waals surface area contributed by atoms with Crippen LogP contribution >= 0.6 is 7.26 Å². The van der Waals surface area contributed by atoms with E-state index in [-0.39, 0.29) is 22.7 Å². The van der Waals surface area contributed by atoms with Crippen LogP contribution in [0.15, 0.2) is 91.0 Å². The van der Waals surface area contributed by atoms with Gasteiger partial charge in [0, 0.05) is 0 Å². The summed E-state index contributed by atoms with van der Waals surface area (Å²) < 4.78 is 5.58. The van der Waals surface area contributed by atoms with Crippen molar-refractivity contribution < 1.29 is 26.5 Å². The van der Waals surface area contributed by atoms with Gasteiger partial charge in [-0.3, -0.25) is 0 Å². The number of benzene rings is 3. The molecule has 2 nitrogen and oxygen atoms in total. The predicted octanol–water partition coefficient (Wildman–Crippen LogP) is 1.14. The molecule has 3 aromatic rings. The normalized spacial score (nSPS) is 10.6. The van der Waals surface area contributed by atoms with E-state index in [1.165, 1.54) is 0 Å². The molecule has 0 aromatic heterocycles. The number of hydrogen-bond acceptors (Lipinski definition) is 2. The molecule has 0 aliphatic heterocycles. The van der Waals surface area contributed by atoms with Crippen LogP contribution in [0.1, 0.15) is 6.92 Å². The van der Waals surface area contributed by atoms with Gasteiger partial charge in [-0.15, -0.1) is 0 Å². The van der Waals surface area contributed by atoms with Crippen molar-refractivity contribution in [3.63, 3.8) is 0 Å². The molecule has 25 heavy (non-hydrogen) atoms. The second kappa shape index (κ2) is 8.94. The highest BCUT2D eigenvalue weighted by Crippen LogP contribution is 2.56. The lowest BCUT2D eigenvalue weighted by molar-refractivity contribution is -0.00000949. The molecule has 3 rings (SSSR count). The fraction of sp³-hybridized carbons (Fsp3) is 0.0952. The predicted molar refractivity (Wildman–Crippen MR) is 102 cm³/mol. The summed E-state index contributed by atoms with van der Waals surface area (Å²) >= 11 is 0. The first-order valence-electron chi connectivity index (χ1n) is 8.03. The molecule has 0 bridgehead atoms. The third-order valence-electron chi connectivity index (χ3n) is 3.97. The Morgan fingerprint density at radius 1 is 0.720 bits per heavy atom. The first-order chi connectivity index (χ1) is 11.8. The van der Waals surface area contributed by atoms with Crippen molar-refractivity contribution in [3.8, 4) is 0 Å². The Labute approximate surface area is 160 Å². The number of ether oxygens (including phenoxy) is 1. The van der Waals surface area contributed by atoms with E-state index in [0.29, 0.717) is 6.61 Å². The molecule has 0 radical (unpaired) electrons. The summed E-state index contributed by atoms with van der Waals surface area (Å²) in [5, 5.41) is 3.04. The minimum atomic E-state index is -2.52. The van der Waals surface area contributed by atoms with E-state index in [4.69, 9.17) is 4.74 Å². The van der Waals surface area contributed by atoms with E-state index < -0.39 is 7.26 Å². The van der Waals surface area contributed by atoms with E-state index in [0.717, 1.165) is 15.9 Å². The van der Waals surface area contributed by atoms with E-state index >= 15 is 0 Å². The number of rotatable bonds is 5. The quantitative estimate of drug-likeness (QED) is 0.585. The molecule has 0 N–H and O–H groups in total. The second-order valence-corrected chi connectivity index (χ2v) is 8.63. The SMILES string of the molecule is CCOC(=O)[P+](c1ccccc1)(c1ccccc1)c1ccccc1.[Br-]. The van der Waals surface area contributed by atoms with E-state index in [9.17, 15) is 4.79 Å². The third kappa shape index (κ3) is 3.68. The zero-order valence-electron chi connectivity index (χ0n) is 14.0. The van der Waals surface area contributed by atoms with Crippen molar-refractivity contribution in [1.29, 1.82) is 0 Å². The zero-order valence-corrected chi connectivity index (χ0v) is 16.5. The van der Waals surface area contributed by atoms with E-state index in [1.807, 2.05) is 97.9 Å². The monoisotopic (exact) mass is 414 g/mol. The molecule has 128 valence electrons. The molecule has 3 aromatic carbocycles. The average Bonchev–Trinajstić information content (AvgIpc) is 2.65. The highest BCUT2D eigenvalue weighted by molar-refractivity contribution is 8.07. The van der Waals surface area contributed by atoms with Crippen LogP contribution in [-0.4, -0.2) is 12.3 Å². The fourth-order valence-corrected chi connectivity index (χ4v) is 6.65.